The van der Waals surface area contributed by atoms with Crippen molar-refractivity contribution in [2.45, 2.75) is 51.3 Å². The Hall–Kier alpha value is -1.06. The van der Waals surface area contributed by atoms with E-state index >= 15 is 0 Å². The maximum absolute atomic E-state index is 9.69. The Morgan fingerprint density at radius 3 is 2.79 bits per heavy atom. The third-order valence-electron chi connectivity index (χ3n) is 4.40. The predicted molar refractivity (Wildman–Crippen MR) is 78.6 cm³/mol. The second kappa shape index (κ2) is 5.14. The van der Waals surface area contributed by atoms with Gasteiger partial charge in [0.05, 0.1) is 6.61 Å². The standard InChI is InChI=1S/C16H24N2O/c1-11-9-18(12(2)8-17-11)16-6-5-14(13-3-4-13)7-15(16)10-19/h5-7,11-13,17,19H,3-4,8-10H2,1-2H3/t11-,12+/m0/s1. The lowest BCUT2D eigenvalue weighted by molar-refractivity contribution is 0.281. The summed E-state index contributed by atoms with van der Waals surface area (Å²) in [7, 11) is 0. The first kappa shape index (κ1) is 12.9. The van der Waals surface area contributed by atoms with E-state index in [-0.39, 0.29) is 6.61 Å². The Balaban J connectivity index is 1.89. The zero-order valence-corrected chi connectivity index (χ0v) is 11.9. The van der Waals surface area contributed by atoms with Gasteiger partial charge in [0.2, 0.25) is 0 Å². The SMILES string of the molecule is C[C@@H]1CN[C@@H](C)CN1c1ccc(C2CC2)cc1CO. The maximum atomic E-state index is 9.69. The molecule has 2 atom stereocenters. The van der Waals surface area contributed by atoms with Crippen LogP contribution in [0, 0.1) is 0 Å². The number of nitrogens with zero attached hydrogens (tertiary/aromatic N) is 1. The summed E-state index contributed by atoms with van der Waals surface area (Å²) in [5.74, 6) is 0.749. The van der Waals surface area contributed by atoms with Gasteiger partial charge in [0.25, 0.3) is 0 Å². The van der Waals surface area contributed by atoms with Crippen molar-refractivity contribution in [2.75, 3.05) is 18.0 Å². The van der Waals surface area contributed by atoms with Gasteiger partial charge >= 0.3 is 0 Å². The second-order valence-corrected chi connectivity index (χ2v) is 6.13. The average molecular weight is 260 g/mol. The molecule has 0 amide bonds. The first-order valence-electron chi connectivity index (χ1n) is 7.42. The molecule has 0 aromatic heterocycles. The van der Waals surface area contributed by atoms with E-state index in [1.807, 2.05) is 0 Å². The van der Waals surface area contributed by atoms with Gasteiger partial charge < -0.3 is 15.3 Å². The highest BCUT2D eigenvalue weighted by molar-refractivity contribution is 5.57. The summed E-state index contributed by atoms with van der Waals surface area (Å²) in [6, 6.07) is 7.67. The van der Waals surface area contributed by atoms with E-state index in [4.69, 9.17) is 0 Å². The van der Waals surface area contributed by atoms with Crippen LogP contribution in [0.4, 0.5) is 5.69 Å². The van der Waals surface area contributed by atoms with Gasteiger partial charge in [-0.05, 0) is 44.2 Å². The zero-order chi connectivity index (χ0) is 13.4. The van der Waals surface area contributed by atoms with Crippen LogP contribution in [-0.4, -0.2) is 30.3 Å². The number of benzene rings is 1. The number of hydrogen-bond acceptors (Lipinski definition) is 3. The fourth-order valence-corrected chi connectivity index (χ4v) is 3.04. The summed E-state index contributed by atoms with van der Waals surface area (Å²) >= 11 is 0. The molecule has 0 bridgehead atoms. The molecule has 3 rings (SSSR count). The average Bonchev–Trinajstić information content (AvgIpc) is 3.25. The van der Waals surface area contributed by atoms with Crippen LogP contribution in [0.1, 0.15) is 43.7 Å². The first-order chi connectivity index (χ1) is 9.19. The van der Waals surface area contributed by atoms with Crippen molar-refractivity contribution in [2.24, 2.45) is 0 Å². The number of hydrogen-bond donors (Lipinski definition) is 2. The number of piperazine rings is 1. The van der Waals surface area contributed by atoms with Crippen molar-refractivity contribution < 1.29 is 5.11 Å². The number of aliphatic hydroxyl groups is 1. The van der Waals surface area contributed by atoms with Gasteiger partial charge in [0.1, 0.15) is 0 Å². The summed E-state index contributed by atoms with van der Waals surface area (Å²) in [5, 5.41) is 13.2. The summed E-state index contributed by atoms with van der Waals surface area (Å²) in [6.45, 7) is 6.62. The van der Waals surface area contributed by atoms with Crippen LogP contribution < -0.4 is 10.2 Å². The largest absolute Gasteiger partial charge is 0.392 e. The van der Waals surface area contributed by atoms with Crippen LogP contribution in [-0.2, 0) is 6.61 Å². The smallest absolute Gasteiger partial charge is 0.0702 e. The van der Waals surface area contributed by atoms with Gasteiger partial charge in [-0.3, -0.25) is 0 Å². The van der Waals surface area contributed by atoms with Crippen molar-refractivity contribution in [3.8, 4) is 0 Å². The van der Waals surface area contributed by atoms with E-state index in [1.165, 1.54) is 24.1 Å². The maximum Gasteiger partial charge on any atom is 0.0702 e. The van der Waals surface area contributed by atoms with Gasteiger partial charge in [0, 0.05) is 36.4 Å². The van der Waals surface area contributed by atoms with Gasteiger partial charge in [0.15, 0.2) is 0 Å². The third-order valence-corrected chi connectivity index (χ3v) is 4.40. The fourth-order valence-electron chi connectivity index (χ4n) is 3.04. The molecule has 0 radical (unpaired) electrons. The van der Waals surface area contributed by atoms with Crippen LogP contribution in [0.15, 0.2) is 18.2 Å². The highest BCUT2D eigenvalue weighted by atomic mass is 16.3. The molecule has 0 spiro atoms. The van der Waals surface area contributed by atoms with Crippen LogP contribution >= 0.6 is 0 Å². The quantitative estimate of drug-likeness (QED) is 0.875. The van der Waals surface area contributed by atoms with Crippen LogP contribution in [0.3, 0.4) is 0 Å². The van der Waals surface area contributed by atoms with E-state index in [0.717, 1.165) is 24.6 Å². The molecule has 1 aliphatic heterocycles. The summed E-state index contributed by atoms with van der Waals surface area (Å²) in [6.07, 6.45) is 2.62. The molecule has 1 aromatic rings. The lowest BCUT2D eigenvalue weighted by Crippen LogP contribution is -2.54. The molecule has 2 aliphatic rings. The van der Waals surface area contributed by atoms with Crippen molar-refractivity contribution in [1.82, 2.24) is 5.32 Å². The number of rotatable bonds is 3. The number of nitrogens with one attached hydrogen (secondary N) is 1. The molecule has 1 aliphatic carbocycles. The third kappa shape index (κ3) is 2.63. The first-order valence-corrected chi connectivity index (χ1v) is 7.42. The summed E-state index contributed by atoms with van der Waals surface area (Å²) in [5.41, 5.74) is 3.71. The molecule has 104 valence electrons. The Morgan fingerprint density at radius 2 is 2.11 bits per heavy atom. The topological polar surface area (TPSA) is 35.5 Å². The molecule has 2 fully saturated rings. The Bertz CT molecular complexity index is 456. The van der Waals surface area contributed by atoms with Crippen molar-refractivity contribution >= 4 is 5.69 Å². The predicted octanol–water partition coefficient (Wildman–Crippen LogP) is 2.24. The molecule has 1 heterocycles. The molecule has 1 aromatic carbocycles. The van der Waals surface area contributed by atoms with E-state index < -0.39 is 0 Å². The zero-order valence-electron chi connectivity index (χ0n) is 11.9. The Labute approximate surface area is 115 Å². The minimum Gasteiger partial charge on any atom is -0.392 e. The van der Waals surface area contributed by atoms with E-state index in [2.05, 4.69) is 42.3 Å². The molecular formula is C16H24N2O. The molecule has 1 saturated carbocycles. The molecule has 3 heteroatoms. The molecule has 1 saturated heterocycles. The molecule has 3 nitrogen and oxygen atoms in total. The Kier molecular flexibility index (Phi) is 3.50. The molecule has 2 N–H and O–H groups in total. The van der Waals surface area contributed by atoms with E-state index in [9.17, 15) is 5.11 Å². The van der Waals surface area contributed by atoms with Crippen LogP contribution in [0.25, 0.3) is 0 Å². The number of aliphatic hydroxyl groups excluding tert-OH is 1. The lowest BCUT2D eigenvalue weighted by atomic mass is 10.0. The van der Waals surface area contributed by atoms with E-state index in [1.54, 1.807) is 0 Å². The second-order valence-electron chi connectivity index (χ2n) is 6.13. The normalized spacial score (nSPS) is 27.6. The molecular weight excluding hydrogens is 236 g/mol. The van der Waals surface area contributed by atoms with Crippen LogP contribution in [0.5, 0.6) is 0 Å². The summed E-state index contributed by atoms with van der Waals surface area (Å²) in [4.78, 5) is 2.43. The van der Waals surface area contributed by atoms with Gasteiger partial charge in [-0.2, -0.15) is 0 Å². The number of anilines is 1. The fraction of sp³-hybridized carbons (Fsp3) is 0.625. The van der Waals surface area contributed by atoms with Gasteiger partial charge in [-0.15, -0.1) is 0 Å². The van der Waals surface area contributed by atoms with Crippen LogP contribution in [0.2, 0.25) is 0 Å². The van der Waals surface area contributed by atoms with Crippen molar-refractivity contribution in [3.63, 3.8) is 0 Å². The minimum absolute atomic E-state index is 0.140. The highest BCUT2D eigenvalue weighted by Crippen LogP contribution is 2.41. The molecule has 0 unspecified atom stereocenters. The van der Waals surface area contributed by atoms with Crippen molar-refractivity contribution in [1.29, 1.82) is 0 Å². The van der Waals surface area contributed by atoms with Gasteiger partial charge in [-0.1, -0.05) is 12.1 Å². The highest BCUT2D eigenvalue weighted by Gasteiger charge is 2.27. The molecule has 19 heavy (non-hydrogen) atoms. The lowest BCUT2D eigenvalue weighted by Gasteiger charge is -2.40. The Morgan fingerprint density at radius 1 is 1.32 bits per heavy atom. The minimum atomic E-state index is 0.140. The van der Waals surface area contributed by atoms with Crippen molar-refractivity contribution in [3.05, 3.63) is 29.3 Å². The van der Waals surface area contributed by atoms with E-state index in [0.29, 0.717) is 12.1 Å². The monoisotopic (exact) mass is 260 g/mol. The summed E-state index contributed by atoms with van der Waals surface area (Å²) < 4.78 is 0. The van der Waals surface area contributed by atoms with Gasteiger partial charge in [-0.25, -0.2) is 0 Å².